The van der Waals surface area contributed by atoms with Crippen molar-refractivity contribution in [1.29, 1.82) is 0 Å². The first-order valence-corrected chi connectivity index (χ1v) is 7.61. The Balaban J connectivity index is 2.48. The fourth-order valence-electron chi connectivity index (χ4n) is 3.39. The smallest absolute Gasteiger partial charge is 0.194 e. The maximum absolute atomic E-state index is 12.5. The van der Waals surface area contributed by atoms with E-state index in [-0.39, 0.29) is 5.43 Å². The monoisotopic (exact) mass is 294 g/mol. The van der Waals surface area contributed by atoms with E-state index in [1.807, 2.05) is 19.9 Å². The largest absolute Gasteiger partial charge is 0.344 e. The number of nitrogens with one attached hydrogen (secondary N) is 1. The van der Waals surface area contributed by atoms with Crippen LogP contribution in [0.4, 0.5) is 0 Å². The molecule has 0 fully saturated rings. The molecule has 114 valence electrons. The number of hydrogen-bond acceptors (Lipinski definition) is 1. The van der Waals surface area contributed by atoms with Crippen LogP contribution in [-0.2, 0) is 0 Å². The van der Waals surface area contributed by atoms with Gasteiger partial charge >= 0.3 is 0 Å². The van der Waals surface area contributed by atoms with Crippen molar-refractivity contribution < 1.29 is 0 Å². The SMILES string of the molecule is Cc1cc(C)c(-n2c(C)cc3c(=O)c(C)c(C)[nH]c32)c(C)c1. The summed E-state index contributed by atoms with van der Waals surface area (Å²) in [5.41, 5.74) is 8.67. The zero-order valence-electron chi connectivity index (χ0n) is 14.1. The summed E-state index contributed by atoms with van der Waals surface area (Å²) in [5.74, 6) is 0. The Morgan fingerprint density at radius 1 is 0.909 bits per heavy atom. The summed E-state index contributed by atoms with van der Waals surface area (Å²) in [6, 6.07) is 6.36. The van der Waals surface area contributed by atoms with Crippen molar-refractivity contribution in [3.8, 4) is 5.69 Å². The molecule has 0 aliphatic carbocycles. The molecule has 3 aromatic rings. The molecule has 0 unspecified atom stereocenters. The van der Waals surface area contributed by atoms with Crippen LogP contribution in [0, 0.1) is 41.5 Å². The molecule has 0 radical (unpaired) electrons. The Morgan fingerprint density at radius 3 is 2.09 bits per heavy atom. The lowest BCUT2D eigenvalue weighted by atomic mass is 10.0. The van der Waals surface area contributed by atoms with Crippen LogP contribution >= 0.6 is 0 Å². The summed E-state index contributed by atoms with van der Waals surface area (Å²) in [6.07, 6.45) is 0. The number of H-pyrrole nitrogens is 1. The molecule has 0 spiro atoms. The molecule has 0 atom stereocenters. The minimum Gasteiger partial charge on any atom is -0.344 e. The Hall–Kier alpha value is -2.29. The van der Waals surface area contributed by atoms with E-state index in [9.17, 15) is 4.79 Å². The lowest BCUT2D eigenvalue weighted by Gasteiger charge is -2.16. The molecule has 1 N–H and O–H groups in total. The number of aromatic nitrogens is 2. The van der Waals surface area contributed by atoms with Crippen LogP contribution in [0.1, 0.15) is 33.6 Å². The van der Waals surface area contributed by atoms with Crippen molar-refractivity contribution in [3.63, 3.8) is 0 Å². The fraction of sp³-hybridized carbons (Fsp3) is 0.316. The molecule has 3 rings (SSSR count). The average Bonchev–Trinajstić information content (AvgIpc) is 2.73. The summed E-state index contributed by atoms with van der Waals surface area (Å²) >= 11 is 0. The second-order valence-corrected chi connectivity index (χ2v) is 6.33. The Morgan fingerprint density at radius 2 is 1.50 bits per heavy atom. The lowest BCUT2D eigenvalue weighted by Crippen LogP contribution is -2.11. The zero-order valence-corrected chi connectivity index (χ0v) is 14.1. The summed E-state index contributed by atoms with van der Waals surface area (Å²) in [7, 11) is 0. The summed E-state index contributed by atoms with van der Waals surface area (Å²) in [4.78, 5) is 16.0. The maximum atomic E-state index is 12.5. The number of nitrogens with zero attached hydrogens (tertiary/aromatic N) is 1. The van der Waals surface area contributed by atoms with Gasteiger partial charge in [0.2, 0.25) is 0 Å². The van der Waals surface area contributed by atoms with Gasteiger partial charge in [0.25, 0.3) is 0 Å². The van der Waals surface area contributed by atoms with Gasteiger partial charge in [-0.1, -0.05) is 17.7 Å². The van der Waals surface area contributed by atoms with Gasteiger partial charge in [-0.3, -0.25) is 9.36 Å². The number of rotatable bonds is 1. The van der Waals surface area contributed by atoms with Crippen LogP contribution in [0.3, 0.4) is 0 Å². The highest BCUT2D eigenvalue weighted by molar-refractivity contribution is 5.81. The quantitative estimate of drug-likeness (QED) is 0.718. The van der Waals surface area contributed by atoms with E-state index in [1.54, 1.807) is 0 Å². The molecule has 3 heteroatoms. The molecule has 22 heavy (non-hydrogen) atoms. The number of pyridine rings is 1. The number of benzene rings is 1. The van der Waals surface area contributed by atoms with Crippen LogP contribution < -0.4 is 5.43 Å². The first kappa shape index (κ1) is 14.6. The summed E-state index contributed by atoms with van der Waals surface area (Å²) in [5, 5.41) is 0.764. The average molecular weight is 294 g/mol. The highest BCUT2D eigenvalue weighted by Crippen LogP contribution is 2.27. The van der Waals surface area contributed by atoms with Crippen molar-refractivity contribution in [2.75, 3.05) is 0 Å². The van der Waals surface area contributed by atoms with E-state index in [0.717, 1.165) is 33.7 Å². The van der Waals surface area contributed by atoms with E-state index < -0.39 is 0 Å². The van der Waals surface area contributed by atoms with Crippen LogP contribution in [0.25, 0.3) is 16.7 Å². The third-order valence-electron chi connectivity index (χ3n) is 4.50. The van der Waals surface area contributed by atoms with Gasteiger partial charge in [0.05, 0.1) is 11.1 Å². The summed E-state index contributed by atoms with van der Waals surface area (Å²) in [6.45, 7) is 12.2. The molecule has 1 aromatic carbocycles. The Labute approximate surface area is 130 Å². The van der Waals surface area contributed by atoms with E-state index in [0.29, 0.717) is 0 Å². The van der Waals surface area contributed by atoms with Gasteiger partial charge in [-0.2, -0.15) is 0 Å². The second kappa shape index (κ2) is 4.87. The number of fused-ring (bicyclic) bond motifs is 1. The highest BCUT2D eigenvalue weighted by atomic mass is 16.1. The molecule has 2 heterocycles. The molecule has 0 amide bonds. The molecule has 0 aliphatic rings. The molecule has 2 aromatic heterocycles. The third kappa shape index (κ3) is 2.00. The van der Waals surface area contributed by atoms with Gasteiger partial charge in [0.15, 0.2) is 5.43 Å². The van der Waals surface area contributed by atoms with Crippen molar-refractivity contribution in [2.24, 2.45) is 0 Å². The van der Waals surface area contributed by atoms with E-state index in [4.69, 9.17) is 0 Å². The van der Waals surface area contributed by atoms with Crippen LogP contribution in [-0.4, -0.2) is 9.55 Å². The van der Waals surface area contributed by atoms with Crippen LogP contribution in [0.15, 0.2) is 23.0 Å². The van der Waals surface area contributed by atoms with Crippen molar-refractivity contribution in [2.45, 2.75) is 41.5 Å². The number of aryl methyl sites for hydroxylation is 5. The van der Waals surface area contributed by atoms with E-state index in [2.05, 4.69) is 49.4 Å². The molecular weight excluding hydrogens is 272 g/mol. The molecule has 0 saturated heterocycles. The van der Waals surface area contributed by atoms with Crippen LogP contribution in [0.5, 0.6) is 0 Å². The van der Waals surface area contributed by atoms with Gasteiger partial charge in [-0.15, -0.1) is 0 Å². The third-order valence-corrected chi connectivity index (χ3v) is 4.50. The fourth-order valence-corrected chi connectivity index (χ4v) is 3.39. The first-order chi connectivity index (χ1) is 10.3. The van der Waals surface area contributed by atoms with Gasteiger partial charge in [0.1, 0.15) is 5.65 Å². The second-order valence-electron chi connectivity index (χ2n) is 6.33. The van der Waals surface area contributed by atoms with Gasteiger partial charge in [0, 0.05) is 17.0 Å². The van der Waals surface area contributed by atoms with E-state index >= 15 is 0 Å². The number of hydrogen-bond donors (Lipinski definition) is 1. The topological polar surface area (TPSA) is 37.8 Å². The molecule has 0 aliphatic heterocycles. The molecular formula is C19H22N2O. The van der Waals surface area contributed by atoms with Crippen LogP contribution in [0.2, 0.25) is 0 Å². The van der Waals surface area contributed by atoms with Gasteiger partial charge in [-0.05, 0) is 58.7 Å². The number of aromatic amines is 1. The standard InChI is InChI=1S/C19H22N2O/c1-10-7-11(2)17(12(3)8-10)21-13(4)9-16-18(22)14(5)15(6)20-19(16)21/h7-9H,1-6H3,(H,20,22). The molecule has 3 nitrogen and oxygen atoms in total. The van der Waals surface area contributed by atoms with Crippen molar-refractivity contribution in [1.82, 2.24) is 9.55 Å². The zero-order chi connectivity index (χ0) is 16.2. The minimum atomic E-state index is 0.121. The Kier molecular flexibility index (Phi) is 3.24. The van der Waals surface area contributed by atoms with Crippen molar-refractivity contribution >= 4 is 11.0 Å². The van der Waals surface area contributed by atoms with Crippen molar-refractivity contribution in [3.05, 3.63) is 62.1 Å². The van der Waals surface area contributed by atoms with Gasteiger partial charge < -0.3 is 4.98 Å². The minimum absolute atomic E-state index is 0.121. The summed E-state index contributed by atoms with van der Waals surface area (Å²) < 4.78 is 2.17. The predicted octanol–water partition coefficient (Wildman–Crippen LogP) is 4.17. The van der Waals surface area contributed by atoms with Gasteiger partial charge in [-0.25, -0.2) is 0 Å². The predicted molar refractivity (Wildman–Crippen MR) is 92.3 cm³/mol. The van der Waals surface area contributed by atoms with E-state index in [1.165, 1.54) is 16.7 Å². The normalized spacial score (nSPS) is 11.4. The highest BCUT2D eigenvalue weighted by Gasteiger charge is 2.16. The maximum Gasteiger partial charge on any atom is 0.194 e. The molecule has 0 bridgehead atoms. The molecule has 0 saturated carbocycles. The lowest BCUT2D eigenvalue weighted by molar-refractivity contribution is 0.989. The Bertz CT molecular complexity index is 935. The first-order valence-electron chi connectivity index (χ1n) is 7.61.